The second-order valence-electron chi connectivity index (χ2n) is 6.08. The predicted octanol–water partition coefficient (Wildman–Crippen LogP) is 0.163. The Morgan fingerprint density at radius 3 is 1.79 bits per heavy atom. The van der Waals surface area contributed by atoms with E-state index in [1.807, 2.05) is 0 Å². The minimum absolute atomic E-state index is 0.105. The van der Waals surface area contributed by atoms with Gasteiger partial charge in [0.25, 0.3) is 0 Å². The highest BCUT2D eigenvalue weighted by Crippen LogP contribution is 2.12. The first-order valence-electron chi connectivity index (χ1n) is 6.37. The number of rotatable bonds is 5. The molecule has 3 amide bonds. The van der Waals surface area contributed by atoms with Crippen molar-refractivity contribution in [1.29, 1.82) is 0 Å². The van der Waals surface area contributed by atoms with Crippen molar-refractivity contribution in [2.75, 3.05) is 0 Å². The number of nitrogens with two attached hydrogens (primary N) is 1. The maximum Gasteiger partial charge on any atom is 0.242 e. The number of amides is 3. The molecule has 0 bridgehead atoms. The molecule has 0 heterocycles. The van der Waals surface area contributed by atoms with E-state index in [0.29, 0.717) is 0 Å². The SMILES string of the molecule is CC(NC(=O)C(C)(C)C)C(=O)N[C@@H](C(N)=O)C(C)C. The van der Waals surface area contributed by atoms with Gasteiger partial charge in [-0.1, -0.05) is 34.6 Å². The van der Waals surface area contributed by atoms with Gasteiger partial charge in [0.2, 0.25) is 17.7 Å². The summed E-state index contributed by atoms with van der Waals surface area (Å²) in [6, 6.07) is -1.45. The topological polar surface area (TPSA) is 101 Å². The summed E-state index contributed by atoms with van der Waals surface area (Å²) in [4.78, 5) is 34.8. The highest BCUT2D eigenvalue weighted by Gasteiger charge is 2.28. The van der Waals surface area contributed by atoms with Gasteiger partial charge in [0.1, 0.15) is 12.1 Å². The summed E-state index contributed by atoms with van der Waals surface area (Å²) in [6.45, 7) is 10.4. The lowest BCUT2D eigenvalue weighted by Gasteiger charge is -2.24. The molecule has 0 rings (SSSR count). The van der Waals surface area contributed by atoms with Crippen LogP contribution in [0.5, 0.6) is 0 Å². The molecule has 0 saturated heterocycles. The zero-order valence-electron chi connectivity index (χ0n) is 12.5. The lowest BCUT2D eigenvalue weighted by atomic mass is 9.95. The Morgan fingerprint density at radius 1 is 1.00 bits per heavy atom. The maximum atomic E-state index is 11.9. The molecule has 0 aliphatic rings. The maximum absolute atomic E-state index is 11.9. The molecule has 0 fully saturated rings. The number of carbonyl (C=O) groups excluding carboxylic acids is 3. The molecule has 0 spiro atoms. The number of hydrogen-bond donors (Lipinski definition) is 3. The summed E-state index contributed by atoms with van der Waals surface area (Å²) in [5, 5.41) is 5.14. The average molecular weight is 271 g/mol. The van der Waals surface area contributed by atoms with E-state index in [-0.39, 0.29) is 11.8 Å². The van der Waals surface area contributed by atoms with E-state index in [9.17, 15) is 14.4 Å². The molecule has 0 saturated carbocycles. The van der Waals surface area contributed by atoms with Gasteiger partial charge in [-0.25, -0.2) is 0 Å². The third-order valence-electron chi connectivity index (χ3n) is 2.69. The fourth-order valence-corrected chi connectivity index (χ4v) is 1.32. The molecule has 1 unspecified atom stereocenters. The van der Waals surface area contributed by atoms with Crippen LogP contribution in [0.4, 0.5) is 0 Å². The first-order chi connectivity index (χ1) is 8.46. The van der Waals surface area contributed by atoms with Gasteiger partial charge in [-0.15, -0.1) is 0 Å². The molecule has 0 aromatic rings. The van der Waals surface area contributed by atoms with Crippen molar-refractivity contribution >= 4 is 17.7 Å². The van der Waals surface area contributed by atoms with Gasteiger partial charge in [-0.2, -0.15) is 0 Å². The van der Waals surface area contributed by atoms with Crippen LogP contribution in [0.1, 0.15) is 41.5 Å². The molecule has 110 valence electrons. The van der Waals surface area contributed by atoms with Crippen LogP contribution in [0.15, 0.2) is 0 Å². The zero-order chi connectivity index (χ0) is 15.4. The van der Waals surface area contributed by atoms with Crippen molar-refractivity contribution < 1.29 is 14.4 Å². The summed E-state index contributed by atoms with van der Waals surface area (Å²) >= 11 is 0. The molecule has 0 aliphatic carbocycles. The van der Waals surface area contributed by atoms with Crippen LogP contribution < -0.4 is 16.4 Å². The molecule has 2 atom stereocenters. The molecular weight excluding hydrogens is 246 g/mol. The second-order valence-corrected chi connectivity index (χ2v) is 6.08. The molecule has 0 radical (unpaired) electrons. The summed E-state index contributed by atoms with van der Waals surface area (Å²) in [5.74, 6) is -1.34. The van der Waals surface area contributed by atoms with Crippen molar-refractivity contribution in [1.82, 2.24) is 10.6 Å². The first-order valence-corrected chi connectivity index (χ1v) is 6.37. The standard InChI is InChI=1S/C13H25N3O3/c1-7(2)9(10(14)17)16-11(18)8(3)15-12(19)13(4,5)6/h7-9H,1-6H3,(H2,14,17)(H,15,19)(H,16,18)/t8?,9-/m1/s1. The van der Waals surface area contributed by atoms with E-state index in [1.54, 1.807) is 41.5 Å². The largest absolute Gasteiger partial charge is 0.368 e. The van der Waals surface area contributed by atoms with Gasteiger partial charge in [0, 0.05) is 5.41 Å². The minimum Gasteiger partial charge on any atom is -0.368 e. The van der Waals surface area contributed by atoms with E-state index < -0.39 is 29.3 Å². The van der Waals surface area contributed by atoms with E-state index >= 15 is 0 Å². The Hall–Kier alpha value is -1.59. The van der Waals surface area contributed by atoms with Crippen molar-refractivity contribution in [3.8, 4) is 0 Å². The summed E-state index contributed by atoms with van der Waals surface area (Å²) in [5.41, 5.74) is 4.64. The number of hydrogen-bond acceptors (Lipinski definition) is 3. The summed E-state index contributed by atoms with van der Waals surface area (Å²) in [6.07, 6.45) is 0. The fourth-order valence-electron chi connectivity index (χ4n) is 1.32. The smallest absolute Gasteiger partial charge is 0.242 e. The molecule has 0 aromatic heterocycles. The number of nitrogens with one attached hydrogen (secondary N) is 2. The lowest BCUT2D eigenvalue weighted by molar-refractivity contribution is -0.134. The van der Waals surface area contributed by atoms with Crippen LogP contribution in [-0.4, -0.2) is 29.8 Å². The van der Waals surface area contributed by atoms with Crippen LogP contribution in [0.25, 0.3) is 0 Å². The minimum atomic E-state index is -0.735. The van der Waals surface area contributed by atoms with E-state index in [4.69, 9.17) is 5.73 Å². The van der Waals surface area contributed by atoms with E-state index in [1.165, 1.54) is 0 Å². The normalized spacial score (nSPS) is 14.7. The van der Waals surface area contributed by atoms with Gasteiger partial charge in [0.15, 0.2) is 0 Å². The molecule has 6 heteroatoms. The highest BCUT2D eigenvalue weighted by molar-refractivity contribution is 5.92. The Labute approximate surface area is 114 Å². The zero-order valence-corrected chi connectivity index (χ0v) is 12.5. The van der Waals surface area contributed by atoms with E-state index in [2.05, 4.69) is 10.6 Å². The van der Waals surface area contributed by atoms with Crippen LogP contribution in [0.2, 0.25) is 0 Å². The van der Waals surface area contributed by atoms with Gasteiger partial charge < -0.3 is 16.4 Å². The molecule has 0 aromatic carbocycles. The van der Waals surface area contributed by atoms with E-state index in [0.717, 1.165) is 0 Å². The molecule has 4 N–H and O–H groups in total. The second kappa shape index (κ2) is 6.54. The third kappa shape index (κ3) is 5.72. The third-order valence-corrected chi connectivity index (χ3v) is 2.69. The van der Waals surface area contributed by atoms with Crippen molar-refractivity contribution in [2.45, 2.75) is 53.6 Å². The Kier molecular flexibility index (Phi) is 5.99. The van der Waals surface area contributed by atoms with Crippen LogP contribution >= 0.6 is 0 Å². The van der Waals surface area contributed by atoms with Gasteiger partial charge in [0.05, 0.1) is 0 Å². The van der Waals surface area contributed by atoms with Crippen molar-refractivity contribution in [3.05, 3.63) is 0 Å². The fraction of sp³-hybridized carbons (Fsp3) is 0.769. The van der Waals surface area contributed by atoms with Crippen molar-refractivity contribution in [2.24, 2.45) is 17.1 Å². The monoisotopic (exact) mass is 271 g/mol. The number of primary amides is 1. The lowest BCUT2D eigenvalue weighted by Crippen LogP contribution is -2.54. The highest BCUT2D eigenvalue weighted by atomic mass is 16.2. The van der Waals surface area contributed by atoms with Crippen molar-refractivity contribution in [3.63, 3.8) is 0 Å². The molecular formula is C13H25N3O3. The predicted molar refractivity (Wildman–Crippen MR) is 73.0 cm³/mol. The molecule has 0 aliphatic heterocycles. The van der Waals surface area contributed by atoms with Gasteiger partial charge >= 0.3 is 0 Å². The summed E-state index contributed by atoms with van der Waals surface area (Å²) in [7, 11) is 0. The van der Waals surface area contributed by atoms with Gasteiger partial charge in [-0.3, -0.25) is 14.4 Å². The Balaban J connectivity index is 4.58. The average Bonchev–Trinajstić information content (AvgIpc) is 2.22. The molecule has 19 heavy (non-hydrogen) atoms. The number of carbonyl (C=O) groups is 3. The first kappa shape index (κ1) is 17.4. The quantitative estimate of drug-likeness (QED) is 0.664. The van der Waals surface area contributed by atoms with Crippen LogP contribution in [-0.2, 0) is 14.4 Å². The van der Waals surface area contributed by atoms with Crippen LogP contribution in [0, 0.1) is 11.3 Å². The Morgan fingerprint density at radius 2 is 1.47 bits per heavy atom. The Bertz CT molecular complexity index is 359. The van der Waals surface area contributed by atoms with Crippen LogP contribution in [0.3, 0.4) is 0 Å². The molecule has 6 nitrogen and oxygen atoms in total. The van der Waals surface area contributed by atoms with Gasteiger partial charge in [-0.05, 0) is 12.8 Å². The summed E-state index contributed by atoms with van der Waals surface area (Å²) < 4.78 is 0.